The van der Waals surface area contributed by atoms with E-state index in [0.29, 0.717) is 5.92 Å². The lowest BCUT2D eigenvalue weighted by Gasteiger charge is -2.29. The maximum Gasteiger partial charge on any atom is 0.169 e. The number of unbranched alkanes of at least 4 members (excludes halogenated alkanes) is 1. The first-order valence-corrected chi connectivity index (χ1v) is 9.93. The van der Waals surface area contributed by atoms with Crippen molar-refractivity contribution < 1.29 is 0 Å². The number of aromatic nitrogens is 3. The lowest BCUT2D eigenvalue weighted by molar-refractivity contribution is 0.382. The highest BCUT2D eigenvalue weighted by Crippen LogP contribution is 2.20. The number of nitrogens with one attached hydrogen (secondary N) is 1. The van der Waals surface area contributed by atoms with Crippen LogP contribution >= 0.6 is 12.2 Å². The van der Waals surface area contributed by atoms with Gasteiger partial charge in [0.05, 0.1) is 11.7 Å². The minimum atomic E-state index is 0.204. The van der Waals surface area contributed by atoms with E-state index in [4.69, 9.17) is 12.2 Å². The maximum atomic E-state index is 5.61. The van der Waals surface area contributed by atoms with E-state index in [0.717, 1.165) is 17.3 Å². The molecule has 2 aromatic rings. The van der Waals surface area contributed by atoms with Crippen LogP contribution in [0.25, 0.3) is 5.69 Å². The first-order valence-electron chi connectivity index (χ1n) is 9.52. The minimum absolute atomic E-state index is 0.204. The third kappa shape index (κ3) is 5.53. The van der Waals surface area contributed by atoms with Crippen molar-refractivity contribution in [3.05, 3.63) is 42.5 Å². The molecule has 6 heteroatoms. The van der Waals surface area contributed by atoms with Gasteiger partial charge in [-0.05, 0) is 49.2 Å². The molecule has 0 bridgehead atoms. The number of benzene rings is 1. The van der Waals surface area contributed by atoms with Crippen LogP contribution in [0.3, 0.4) is 0 Å². The quantitative estimate of drug-likeness (QED) is 0.662. The predicted octanol–water partition coefficient (Wildman–Crippen LogP) is 4.35. The van der Waals surface area contributed by atoms with Gasteiger partial charge in [-0.2, -0.15) is 5.10 Å². The van der Waals surface area contributed by atoms with Crippen molar-refractivity contribution in [1.82, 2.24) is 25.0 Å². The lowest BCUT2D eigenvalue weighted by atomic mass is 9.99. The van der Waals surface area contributed by atoms with E-state index >= 15 is 0 Å². The number of nitrogens with zero attached hydrogens (tertiary/aromatic N) is 4. The normalized spacial score (nSPS) is 13.2. The lowest BCUT2D eigenvalue weighted by Crippen LogP contribution is -2.40. The van der Waals surface area contributed by atoms with Crippen molar-refractivity contribution in [2.45, 2.75) is 52.5 Å². The average molecular weight is 374 g/mol. The monoisotopic (exact) mass is 373 g/mol. The Kier molecular flexibility index (Phi) is 8.04. The van der Waals surface area contributed by atoms with E-state index in [-0.39, 0.29) is 6.04 Å². The summed E-state index contributed by atoms with van der Waals surface area (Å²) < 4.78 is 1.76. The van der Waals surface area contributed by atoms with Crippen molar-refractivity contribution >= 4 is 17.3 Å². The zero-order chi connectivity index (χ0) is 18.9. The summed E-state index contributed by atoms with van der Waals surface area (Å²) in [6, 6.07) is 8.56. The van der Waals surface area contributed by atoms with E-state index in [1.165, 1.54) is 31.2 Å². The highest BCUT2D eigenvalue weighted by atomic mass is 32.1. The summed E-state index contributed by atoms with van der Waals surface area (Å²) in [6.07, 6.45) is 8.24. The zero-order valence-corrected chi connectivity index (χ0v) is 17.2. The molecule has 1 aromatic carbocycles. The Bertz CT molecular complexity index is 653. The molecule has 26 heavy (non-hydrogen) atoms. The molecule has 1 heterocycles. The molecular formula is C20H31N5S. The minimum Gasteiger partial charge on any atom is -0.362 e. The molecule has 1 aromatic heterocycles. The standard InChI is InChI=1S/C20H31N5S/c1-5-7-8-17(6-2)13-22-20(26)24(4)16(3)18-9-11-19(12-10-18)25-15-21-14-23-25/h9-12,14-17H,5-8,13H2,1-4H3,(H,22,26)/t16-,17+/m1/s1. The second-order valence-corrected chi connectivity index (χ2v) is 7.21. The van der Waals surface area contributed by atoms with Crippen molar-refractivity contribution in [2.75, 3.05) is 13.6 Å². The summed E-state index contributed by atoms with van der Waals surface area (Å²) in [7, 11) is 2.05. The van der Waals surface area contributed by atoms with Crippen LogP contribution in [0, 0.1) is 5.92 Å². The summed E-state index contributed by atoms with van der Waals surface area (Å²) in [5, 5.41) is 8.43. The van der Waals surface area contributed by atoms with Gasteiger partial charge in [0.25, 0.3) is 0 Å². The van der Waals surface area contributed by atoms with Crippen LogP contribution in [0.1, 0.15) is 58.1 Å². The smallest absolute Gasteiger partial charge is 0.169 e. The molecule has 1 N–H and O–H groups in total. The second-order valence-electron chi connectivity index (χ2n) is 6.82. The van der Waals surface area contributed by atoms with Gasteiger partial charge in [0.2, 0.25) is 0 Å². The molecule has 0 aliphatic rings. The summed E-state index contributed by atoms with van der Waals surface area (Å²) >= 11 is 5.61. The van der Waals surface area contributed by atoms with Crippen LogP contribution in [-0.2, 0) is 0 Å². The predicted molar refractivity (Wildman–Crippen MR) is 111 cm³/mol. The fraction of sp³-hybridized carbons (Fsp3) is 0.550. The van der Waals surface area contributed by atoms with Crippen molar-refractivity contribution in [2.24, 2.45) is 5.92 Å². The summed E-state index contributed by atoms with van der Waals surface area (Å²) in [4.78, 5) is 6.12. The van der Waals surface area contributed by atoms with Gasteiger partial charge in [-0.25, -0.2) is 9.67 Å². The van der Waals surface area contributed by atoms with Gasteiger partial charge in [-0.15, -0.1) is 0 Å². The van der Waals surface area contributed by atoms with E-state index in [2.05, 4.69) is 72.4 Å². The molecule has 2 rings (SSSR count). The molecule has 0 fully saturated rings. The van der Waals surface area contributed by atoms with Gasteiger partial charge in [0.15, 0.2) is 5.11 Å². The van der Waals surface area contributed by atoms with Crippen LogP contribution in [0.2, 0.25) is 0 Å². The highest BCUT2D eigenvalue weighted by Gasteiger charge is 2.16. The van der Waals surface area contributed by atoms with Crippen LogP contribution in [-0.4, -0.2) is 38.4 Å². The molecule has 0 unspecified atom stereocenters. The zero-order valence-electron chi connectivity index (χ0n) is 16.4. The van der Waals surface area contributed by atoms with Crippen LogP contribution in [0.4, 0.5) is 0 Å². The van der Waals surface area contributed by atoms with E-state index in [9.17, 15) is 0 Å². The van der Waals surface area contributed by atoms with Gasteiger partial charge in [0, 0.05) is 13.6 Å². The topological polar surface area (TPSA) is 46.0 Å². The van der Waals surface area contributed by atoms with E-state index in [1.54, 1.807) is 17.3 Å². The SMILES string of the molecule is CCCC[C@H](CC)CNC(=S)N(C)[C@H](C)c1ccc(-n2cncn2)cc1. The van der Waals surface area contributed by atoms with Gasteiger partial charge in [-0.3, -0.25) is 0 Å². The molecule has 0 amide bonds. The Labute approximate surface area is 162 Å². The molecule has 0 saturated heterocycles. The van der Waals surface area contributed by atoms with Crippen LogP contribution in [0.15, 0.2) is 36.9 Å². The Balaban J connectivity index is 1.91. The molecule has 142 valence electrons. The first-order chi connectivity index (χ1) is 12.6. The Morgan fingerprint density at radius 1 is 1.27 bits per heavy atom. The highest BCUT2D eigenvalue weighted by molar-refractivity contribution is 7.80. The molecular weight excluding hydrogens is 342 g/mol. The van der Waals surface area contributed by atoms with Gasteiger partial charge in [0.1, 0.15) is 12.7 Å². The Morgan fingerprint density at radius 2 is 2.00 bits per heavy atom. The summed E-state index contributed by atoms with van der Waals surface area (Å²) in [5.74, 6) is 0.693. The average Bonchev–Trinajstić information content (AvgIpc) is 3.21. The van der Waals surface area contributed by atoms with Gasteiger partial charge in [-0.1, -0.05) is 45.2 Å². The molecule has 0 aliphatic carbocycles. The maximum absolute atomic E-state index is 5.61. The molecule has 5 nitrogen and oxygen atoms in total. The van der Waals surface area contributed by atoms with Crippen LogP contribution < -0.4 is 5.32 Å². The summed E-state index contributed by atoms with van der Waals surface area (Å²) in [5.41, 5.74) is 2.22. The second kappa shape index (κ2) is 10.3. The van der Waals surface area contributed by atoms with E-state index < -0.39 is 0 Å². The molecule has 2 atom stereocenters. The van der Waals surface area contributed by atoms with Crippen molar-refractivity contribution in [3.8, 4) is 5.69 Å². The largest absolute Gasteiger partial charge is 0.362 e. The Morgan fingerprint density at radius 3 is 2.58 bits per heavy atom. The third-order valence-electron chi connectivity index (χ3n) is 5.05. The first kappa shape index (κ1) is 20.4. The van der Waals surface area contributed by atoms with Gasteiger partial charge < -0.3 is 10.2 Å². The van der Waals surface area contributed by atoms with Crippen molar-refractivity contribution in [3.63, 3.8) is 0 Å². The number of thiocarbonyl (C=S) groups is 1. The molecule has 0 saturated carbocycles. The fourth-order valence-electron chi connectivity index (χ4n) is 2.95. The number of hydrogen-bond donors (Lipinski definition) is 1. The van der Waals surface area contributed by atoms with Crippen LogP contribution in [0.5, 0.6) is 0 Å². The molecule has 0 radical (unpaired) electrons. The Hall–Kier alpha value is -1.95. The number of hydrogen-bond acceptors (Lipinski definition) is 3. The fourth-order valence-corrected chi connectivity index (χ4v) is 3.19. The summed E-state index contributed by atoms with van der Waals surface area (Å²) in [6.45, 7) is 7.63. The third-order valence-corrected chi connectivity index (χ3v) is 5.48. The molecule has 0 spiro atoms. The number of rotatable bonds is 9. The van der Waals surface area contributed by atoms with Gasteiger partial charge >= 0.3 is 0 Å². The van der Waals surface area contributed by atoms with E-state index in [1.807, 2.05) is 0 Å². The molecule has 0 aliphatic heterocycles. The van der Waals surface area contributed by atoms with Crippen molar-refractivity contribution in [1.29, 1.82) is 0 Å².